The van der Waals surface area contributed by atoms with E-state index in [1.165, 1.54) is 26.5 Å². The molecule has 4 fully saturated rings. The Morgan fingerprint density at radius 1 is 0.762 bits per heavy atom. The van der Waals surface area contributed by atoms with Crippen LogP contribution in [0.25, 0.3) is 0 Å². The van der Waals surface area contributed by atoms with Crippen molar-refractivity contribution in [3.05, 3.63) is 65.7 Å². The fourth-order valence-electron chi connectivity index (χ4n) is 11.4. The predicted octanol–water partition coefficient (Wildman–Crippen LogP) is 2.34. The third-order valence-electron chi connectivity index (χ3n) is 15.5. The molecule has 2 heterocycles. The number of nitrogens with zero attached hydrogens (tertiary/aromatic N) is 2. The summed E-state index contributed by atoms with van der Waals surface area (Å²) in [6.07, 6.45) is 7.29. The Morgan fingerprint density at radius 2 is 1.35 bits per heavy atom. The highest BCUT2D eigenvalue weighted by atomic mass is 33.1. The van der Waals surface area contributed by atoms with E-state index in [9.17, 15) is 38.7 Å². The topological polar surface area (TPSA) is 349 Å². The van der Waals surface area contributed by atoms with E-state index >= 15 is 9.59 Å². The second-order valence-corrected chi connectivity index (χ2v) is 24.4. The van der Waals surface area contributed by atoms with Crippen LogP contribution in [-0.4, -0.2) is 142 Å². The molecule has 8 amide bonds. The van der Waals surface area contributed by atoms with Crippen LogP contribution in [0.1, 0.15) is 122 Å². The molecule has 24 heteroatoms. The number of likely N-dealkylation sites (tertiary alicyclic amines) is 1. The maximum absolute atomic E-state index is 15.1. The largest absolute Gasteiger partial charge is 0.494 e. The summed E-state index contributed by atoms with van der Waals surface area (Å²) in [6, 6.07) is 6.94. The van der Waals surface area contributed by atoms with Gasteiger partial charge in [0.15, 0.2) is 5.96 Å². The first-order valence-corrected chi connectivity index (χ1v) is 30.3. The lowest BCUT2D eigenvalue weighted by Crippen LogP contribution is -2.61. The molecule has 2 aliphatic heterocycles. The van der Waals surface area contributed by atoms with Gasteiger partial charge in [-0.15, -0.1) is 0 Å². The number of nitrogens with one attached hydrogen (secondary N) is 6. The second kappa shape index (κ2) is 30.3. The van der Waals surface area contributed by atoms with E-state index in [4.69, 9.17) is 21.9 Å². The van der Waals surface area contributed by atoms with Gasteiger partial charge in [-0.2, -0.15) is 0 Å². The number of carboxylic acids is 1. The standard InChI is InChI=1S/C56H81N11O11S2/c1-4-78-38-24-22-35(23-25-38)29-40-48(70)63-41(28-34-14-6-5-7-15-34)50(72)66-47(33(2)3)52(74)64-42(30-45(57)68)49(71)65-43(32-79-80-56(31-46(69)61-40,36-16-8-9-17-36)37-18-10-11-19-37)53(75)67-27-13-21-44(67)51(73)62-39(54(76)77)20-12-26-60-55(58)59/h5-7,14-15,22-25,33,36-37,39-44,47H,4,8-13,16-21,26-32H2,1-3H3,(H2,57,68)(H,61,69)(H,62,73)(H,63,70)(H,64,74)(H,65,71)(H,66,72)(H,76,77)(H4,58,59,60)/t39-,40+,41-,42-,43-,44+,47-/m0/s1. The van der Waals surface area contributed by atoms with Crippen LogP contribution in [0.2, 0.25) is 0 Å². The summed E-state index contributed by atoms with van der Waals surface area (Å²) in [5.41, 5.74) is 18.0. The van der Waals surface area contributed by atoms with Gasteiger partial charge in [0.1, 0.15) is 48.0 Å². The first kappa shape index (κ1) is 62.6. The normalized spacial score (nSPS) is 24.4. The zero-order valence-corrected chi connectivity index (χ0v) is 47.7. The zero-order chi connectivity index (χ0) is 57.9. The number of hydrogen-bond donors (Lipinski definition) is 10. The van der Waals surface area contributed by atoms with Crippen molar-refractivity contribution < 1.29 is 53.0 Å². The van der Waals surface area contributed by atoms with Crippen molar-refractivity contribution in [2.24, 2.45) is 39.9 Å². The molecule has 0 radical (unpaired) electrons. The molecule has 2 aromatic rings. The van der Waals surface area contributed by atoms with E-state index in [-0.39, 0.29) is 81.1 Å². The Bertz CT molecular complexity index is 2490. The number of nitrogens with two attached hydrogens (primary N) is 3. The van der Waals surface area contributed by atoms with E-state index < -0.39 is 107 Å². The minimum absolute atomic E-state index is 0.00258. The van der Waals surface area contributed by atoms with Gasteiger partial charge in [-0.05, 0) is 99.3 Å². The summed E-state index contributed by atoms with van der Waals surface area (Å²) in [5, 5.41) is 26.8. The number of amides is 8. The number of guanidine groups is 1. The van der Waals surface area contributed by atoms with Crippen molar-refractivity contribution in [2.75, 3.05) is 25.4 Å². The van der Waals surface area contributed by atoms with Gasteiger partial charge in [0.05, 0.1) is 13.0 Å². The van der Waals surface area contributed by atoms with Crippen LogP contribution < -0.4 is 53.8 Å². The van der Waals surface area contributed by atoms with Crippen LogP contribution in [0.5, 0.6) is 5.75 Å². The maximum atomic E-state index is 15.1. The highest BCUT2D eigenvalue weighted by Gasteiger charge is 2.50. The molecule has 0 unspecified atom stereocenters. The fourth-order valence-corrected chi connectivity index (χ4v) is 15.3. The number of carbonyl (C=O) groups is 9. The van der Waals surface area contributed by atoms with Gasteiger partial charge in [0, 0.05) is 42.9 Å². The number of aliphatic imine (C=N–C) groups is 1. The monoisotopic (exact) mass is 1150 g/mol. The minimum atomic E-state index is -1.65. The number of carboxylic acid groups (broad SMARTS) is 1. The third kappa shape index (κ3) is 17.7. The molecular formula is C56H81N11O11S2. The molecule has 438 valence electrons. The van der Waals surface area contributed by atoms with E-state index in [2.05, 4.69) is 36.9 Å². The van der Waals surface area contributed by atoms with Crippen LogP contribution >= 0.6 is 21.6 Å². The molecule has 2 aromatic carbocycles. The summed E-state index contributed by atoms with van der Waals surface area (Å²) in [4.78, 5) is 133. The molecule has 4 aliphatic rings. The Morgan fingerprint density at radius 3 is 1.94 bits per heavy atom. The van der Waals surface area contributed by atoms with E-state index in [1.807, 2.05) is 25.1 Å². The van der Waals surface area contributed by atoms with E-state index in [1.54, 1.807) is 50.2 Å². The van der Waals surface area contributed by atoms with Crippen LogP contribution in [0, 0.1) is 17.8 Å². The average molecular weight is 1150 g/mol. The molecule has 2 saturated carbocycles. The predicted molar refractivity (Wildman–Crippen MR) is 305 cm³/mol. The minimum Gasteiger partial charge on any atom is -0.494 e. The van der Waals surface area contributed by atoms with Crippen LogP contribution in [0.3, 0.4) is 0 Å². The van der Waals surface area contributed by atoms with Gasteiger partial charge in [-0.1, -0.05) is 104 Å². The Kier molecular flexibility index (Phi) is 23.7. The molecule has 6 rings (SSSR count). The van der Waals surface area contributed by atoms with Crippen molar-refractivity contribution in [1.82, 2.24) is 36.8 Å². The summed E-state index contributed by atoms with van der Waals surface area (Å²) < 4.78 is 4.97. The van der Waals surface area contributed by atoms with Gasteiger partial charge in [0.2, 0.25) is 47.3 Å². The molecule has 2 saturated heterocycles. The molecule has 22 nitrogen and oxygen atoms in total. The summed E-state index contributed by atoms with van der Waals surface area (Å²) in [7, 11) is 2.79. The quantitative estimate of drug-likeness (QED) is 0.0418. The molecule has 13 N–H and O–H groups in total. The van der Waals surface area contributed by atoms with Crippen molar-refractivity contribution in [3.63, 3.8) is 0 Å². The van der Waals surface area contributed by atoms with Crippen LogP contribution in [0.4, 0.5) is 0 Å². The summed E-state index contributed by atoms with van der Waals surface area (Å²) in [5.74, 6) is -7.31. The Labute approximate surface area is 476 Å². The van der Waals surface area contributed by atoms with E-state index in [0.717, 1.165) is 51.4 Å². The van der Waals surface area contributed by atoms with Crippen LogP contribution in [-0.2, 0) is 56.0 Å². The number of aliphatic carboxylic acids is 1. The first-order chi connectivity index (χ1) is 38.3. The molecule has 0 bridgehead atoms. The van der Waals surface area contributed by atoms with Gasteiger partial charge < -0.3 is 63.8 Å². The smallest absolute Gasteiger partial charge is 0.326 e. The van der Waals surface area contributed by atoms with Gasteiger partial charge in [-0.3, -0.25) is 43.3 Å². The molecule has 2 aliphatic carbocycles. The van der Waals surface area contributed by atoms with Crippen LogP contribution in [0.15, 0.2) is 59.6 Å². The van der Waals surface area contributed by atoms with E-state index in [0.29, 0.717) is 29.9 Å². The van der Waals surface area contributed by atoms with Gasteiger partial charge in [0.25, 0.3) is 0 Å². The van der Waals surface area contributed by atoms with Crippen molar-refractivity contribution >= 4 is 80.8 Å². The average Bonchev–Trinajstić information content (AvgIpc) is 4.27. The first-order valence-electron chi connectivity index (χ1n) is 28.0. The number of primary amides is 1. The van der Waals surface area contributed by atoms with Gasteiger partial charge >= 0.3 is 5.97 Å². The number of benzene rings is 2. The lowest BCUT2D eigenvalue weighted by molar-refractivity contribution is -0.145. The highest BCUT2D eigenvalue weighted by molar-refractivity contribution is 8.77. The van der Waals surface area contributed by atoms with Crippen molar-refractivity contribution in [3.8, 4) is 5.75 Å². The summed E-state index contributed by atoms with van der Waals surface area (Å²) >= 11 is 0. The number of ether oxygens (including phenoxy) is 1. The third-order valence-corrected chi connectivity index (χ3v) is 18.9. The van der Waals surface area contributed by atoms with Gasteiger partial charge in [-0.25, -0.2) is 4.79 Å². The molecule has 0 aromatic heterocycles. The Hall–Kier alpha value is -6.56. The number of hydrogen-bond acceptors (Lipinski definition) is 13. The fraction of sp³-hybridized carbons (Fsp3) is 0.607. The summed E-state index contributed by atoms with van der Waals surface area (Å²) in [6.45, 7) is 5.86. The SMILES string of the molecule is CCOc1ccc(C[C@H]2NC(=O)CC(C3CCCC3)(C3CCCC3)SSC[C@@H](C(=O)N3CCC[C@@H]3C(=O)N[C@@H](CCCN=C(N)N)C(=O)O)NC(=O)[C@H](CC(N)=O)NC(=O)[C@H](C(C)C)NC(=O)[C@H](Cc3ccccc3)NC2=O)cc1. The molecule has 80 heavy (non-hydrogen) atoms. The molecule has 7 atom stereocenters. The molecular weight excluding hydrogens is 1070 g/mol. The number of carbonyl (C=O) groups excluding carboxylic acids is 8. The van der Waals surface area contributed by atoms with Crippen molar-refractivity contribution in [2.45, 2.75) is 171 Å². The zero-order valence-electron chi connectivity index (χ0n) is 46.1. The lowest BCUT2D eigenvalue weighted by atomic mass is 9.76. The number of rotatable bonds is 19. The lowest BCUT2D eigenvalue weighted by Gasteiger charge is -2.43. The van der Waals surface area contributed by atoms with Crippen molar-refractivity contribution in [1.29, 1.82) is 0 Å². The second-order valence-electron chi connectivity index (χ2n) is 21.7. The molecule has 0 spiro atoms. The maximum Gasteiger partial charge on any atom is 0.326 e. The highest BCUT2D eigenvalue weighted by Crippen LogP contribution is 2.57. The Balaban J connectivity index is 1.41.